The number of carbonyl (C=O) groups is 2. The number of carbonyl (C=O) groups excluding carboxylic acids is 2. The molecule has 5 N–H and O–H groups in total. The van der Waals surface area contributed by atoms with Gasteiger partial charge >= 0.3 is 12.1 Å². The number of hydrazine groups is 1. The number of rotatable bonds is 9. The zero-order chi connectivity index (χ0) is 24.5. The van der Waals surface area contributed by atoms with E-state index in [1.807, 2.05) is 24.3 Å². The number of pyridine rings is 1. The van der Waals surface area contributed by atoms with Crippen LogP contribution in [0.15, 0.2) is 42.7 Å². The minimum atomic E-state index is -0.376. The normalized spacial score (nSPS) is 10.6. The number of benzene rings is 1. The van der Waals surface area contributed by atoms with E-state index >= 15 is 0 Å². The van der Waals surface area contributed by atoms with Crippen LogP contribution in [0.3, 0.4) is 0 Å². The molecule has 0 aliphatic heterocycles. The third-order valence-corrected chi connectivity index (χ3v) is 5.34. The number of hydrogen-bond donors (Lipinski definition) is 5. The van der Waals surface area contributed by atoms with Crippen LogP contribution in [0.25, 0.3) is 10.9 Å². The van der Waals surface area contributed by atoms with Crippen molar-refractivity contribution >= 4 is 40.2 Å². The van der Waals surface area contributed by atoms with Crippen molar-refractivity contribution in [3.8, 4) is 6.07 Å². The second-order valence-electron chi connectivity index (χ2n) is 7.40. The maximum atomic E-state index is 12.0. The van der Waals surface area contributed by atoms with E-state index in [-0.39, 0.29) is 12.1 Å². The number of fused-ring (bicyclic) bond motifs is 1. The van der Waals surface area contributed by atoms with Crippen molar-refractivity contribution in [3.05, 3.63) is 48.3 Å². The fourth-order valence-corrected chi connectivity index (χ4v) is 3.42. The van der Waals surface area contributed by atoms with Crippen LogP contribution in [0.4, 0.5) is 26.8 Å². The van der Waals surface area contributed by atoms with Gasteiger partial charge in [-0.2, -0.15) is 5.26 Å². The van der Waals surface area contributed by atoms with Gasteiger partial charge in [-0.05, 0) is 37.4 Å². The number of amides is 3. The maximum Gasteiger partial charge on any atom is 0.333 e. The van der Waals surface area contributed by atoms with Crippen LogP contribution in [0.2, 0.25) is 0 Å². The molecule has 178 valence electrons. The Morgan fingerprint density at radius 2 is 1.97 bits per heavy atom. The minimum Gasteiger partial charge on any atom is -0.354 e. The number of aromatic nitrogens is 2. The second kappa shape index (κ2) is 11.5. The van der Waals surface area contributed by atoms with E-state index in [2.05, 4.69) is 56.6 Å². The molecule has 0 saturated heterocycles. The quantitative estimate of drug-likeness (QED) is 0.308. The van der Waals surface area contributed by atoms with E-state index in [0.717, 1.165) is 36.2 Å². The Morgan fingerprint density at radius 3 is 2.68 bits per heavy atom. The molecule has 0 fully saturated rings. The Hall–Kier alpha value is -4.30. The van der Waals surface area contributed by atoms with E-state index in [1.165, 1.54) is 10.8 Å². The van der Waals surface area contributed by atoms with Crippen molar-refractivity contribution in [2.24, 2.45) is 0 Å². The highest BCUT2D eigenvalue weighted by Gasteiger charge is 2.10. The third-order valence-electron chi connectivity index (χ3n) is 5.34. The molecule has 11 nitrogen and oxygen atoms in total. The number of nitriles is 1. The van der Waals surface area contributed by atoms with E-state index < -0.39 is 0 Å². The van der Waals surface area contributed by atoms with Crippen molar-refractivity contribution in [2.75, 3.05) is 44.0 Å². The zero-order valence-electron chi connectivity index (χ0n) is 19.5. The van der Waals surface area contributed by atoms with Gasteiger partial charge in [0.05, 0.1) is 16.8 Å². The highest BCUT2D eigenvalue weighted by molar-refractivity contribution is 5.93. The van der Waals surface area contributed by atoms with E-state index in [9.17, 15) is 14.9 Å². The lowest BCUT2D eigenvalue weighted by Gasteiger charge is -2.18. The molecule has 0 atom stereocenters. The third kappa shape index (κ3) is 5.93. The zero-order valence-corrected chi connectivity index (χ0v) is 19.5. The van der Waals surface area contributed by atoms with Crippen molar-refractivity contribution in [2.45, 2.75) is 13.8 Å². The highest BCUT2D eigenvalue weighted by Crippen LogP contribution is 2.26. The van der Waals surface area contributed by atoms with E-state index in [1.54, 1.807) is 19.3 Å². The van der Waals surface area contributed by atoms with Gasteiger partial charge in [-0.3, -0.25) is 15.4 Å². The SMILES string of the molecule is CCN(CC)CCNC(=O)NNc1cc(Nc2ccc3c(ccn3C(=O)NC)c2)c(C#N)cn1. The summed E-state index contributed by atoms with van der Waals surface area (Å²) in [5.41, 5.74) is 7.67. The smallest absolute Gasteiger partial charge is 0.333 e. The Labute approximate surface area is 198 Å². The van der Waals surface area contributed by atoms with Gasteiger partial charge in [0.2, 0.25) is 0 Å². The van der Waals surface area contributed by atoms with Crippen LogP contribution < -0.4 is 26.8 Å². The molecule has 0 spiro atoms. The van der Waals surface area contributed by atoms with Gasteiger partial charge in [-0.25, -0.2) is 14.6 Å². The summed E-state index contributed by atoms with van der Waals surface area (Å²) < 4.78 is 1.52. The standard InChI is InChI=1S/C23H29N9O2/c1-4-31(5-2)11-9-26-22(33)30-29-21-13-19(17(14-24)15-27-21)28-18-6-7-20-16(12-18)8-10-32(20)23(34)25-3/h6-8,10,12-13,15H,4-5,9,11H2,1-3H3,(H,25,34)(H2,26,30,33)(H2,27,28,29). The maximum absolute atomic E-state index is 12.0. The Morgan fingerprint density at radius 1 is 1.18 bits per heavy atom. The molecule has 1 aromatic carbocycles. The molecule has 3 aromatic rings. The fourth-order valence-electron chi connectivity index (χ4n) is 3.42. The molecule has 0 bridgehead atoms. The monoisotopic (exact) mass is 463 g/mol. The minimum absolute atomic E-state index is 0.225. The van der Waals surface area contributed by atoms with Crippen molar-refractivity contribution in [1.82, 2.24) is 30.5 Å². The van der Waals surface area contributed by atoms with Crippen LogP contribution in [0.1, 0.15) is 19.4 Å². The fraction of sp³-hybridized carbons (Fsp3) is 0.304. The lowest BCUT2D eigenvalue weighted by Crippen LogP contribution is -2.42. The first kappa shape index (κ1) is 24.3. The van der Waals surface area contributed by atoms with Crippen LogP contribution in [0.5, 0.6) is 0 Å². The molecular weight excluding hydrogens is 434 g/mol. The molecule has 3 amide bonds. The first-order chi connectivity index (χ1) is 16.5. The van der Waals surface area contributed by atoms with Gasteiger partial charge in [-0.1, -0.05) is 13.8 Å². The lowest BCUT2D eigenvalue weighted by molar-refractivity contribution is 0.238. The number of hydrogen-bond acceptors (Lipinski definition) is 7. The summed E-state index contributed by atoms with van der Waals surface area (Å²) in [5, 5.41) is 18.9. The Kier molecular flexibility index (Phi) is 8.26. The number of nitrogens with zero attached hydrogens (tertiary/aromatic N) is 4. The van der Waals surface area contributed by atoms with E-state index in [4.69, 9.17) is 0 Å². The molecule has 3 rings (SSSR count). The summed E-state index contributed by atoms with van der Waals surface area (Å²) in [6.07, 6.45) is 3.12. The van der Waals surface area contributed by atoms with Gasteiger partial charge in [0, 0.05) is 49.7 Å². The number of likely N-dealkylation sites (N-methyl/N-ethyl adjacent to an activating group) is 1. The summed E-state index contributed by atoms with van der Waals surface area (Å²) in [6, 6.07) is 10.5. The Bertz CT molecular complexity index is 1190. The summed E-state index contributed by atoms with van der Waals surface area (Å²) >= 11 is 0. The van der Waals surface area contributed by atoms with Gasteiger partial charge in [-0.15, -0.1) is 0 Å². The van der Waals surface area contributed by atoms with Gasteiger partial charge in [0.1, 0.15) is 11.9 Å². The van der Waals surface area contributed by atoms with Crippen LogP contribution in [-0.4, -0.2) is 59.7 Å². The van der Waals surface area contributed by atoms with Gasteiger partial charge < -0.3 is 20.9 Å². The van der Waals surface area contributed by atoms with E-state index in [0.29, 0.717) is 23.6 Å². The summed E-state index contributed by atoms with van der Waals surface area (Å²) in [5.74, 6) is 0.368. The molecule has 0 radical (unpaired) electrons. The molecule has 34 heavy (non-hydrogen) atoms. The van der Waals surface area contributed by atoms with Crippen molar-refractivity contribution in [3.63, 3.8) is 0 Å². The second-order valence-corrected chi connectivity index (χ2v) is 7.40. The predicted octanol–water partition coefficient (Wildman–Crippen LogP) is 2.81. The average molecular weight is 464 g/mol. The topological polar surface area (TPSA) is 139 Å². The van der Waals surface area contributed by atoms with Crippen LogP contribution in [0, 0.1) is 11.3 Å². The Balaban J connectivity index is 1.66. The number of anilines is 3. The van der Waals surface area contributed by atoms with Gasteiger partial charge in [0.15, 0.2) is 0 Å². The number of nitrogens with one attached hydrogen (secondary N) is 5. The predicted molar refractivity (Wildman–Crippen MR) is 132 cm³/mol. The van der Waals surface area contributed by atoms with Crippen LogP contribution >= 0.6 is 0 Å². The molecule has 11 heteroatoms. The van der Waals surface area contributed by atoms with Crippen molar-refractivity contribution < 1.29 is 9.59 Å². The van der Waals surface area contributed by atoms with Crippen molar-refractivity contribution in [1.29, 1.82) is 5.26 Å². The highest BCUT2D eigenvalue weighted by atomic mass is 16.2. The lowest BCUT2D eigenvalue weighted by atomic mass is 10.2. The first-order valence-electron chi connectivity index (χ1n) is 11.0. The number of urea groups is 1. The molecule has 2 aromatic heterocycles. The molecule has 0 aliphatic rings. The molecular formula is C23H29N9O2. The average Bonchev–Trinajstić information content (AvgIpc) is 3.28. The largest absolute Gasteiger partial charge is 0.354 e. The summed E-state index contributed by atoms with van der Waals surface area (Å²) in [6.45, 7) is 7.29. The first-order valence-corrected chi connectivity index (χ1v) is 11.0. The molecule has 0 saturated carbocycles. The summed E-state index contributed by atoms with van der Waals surface area (Å²) in [7, 11) is 1.58. The summed E-state index contributed by atoms with van der Waals surface area (Å²) in [4.78, 5) is 30.4. The molecule has 0 aliphatic carbocycles. The van der Waals surface area contributed by atoms with Gasteiger partial charge in [0.25, 0.3) is 0 Å². The molecule has 2 heterocycles. The molecule has 0 unspecified atom stereocenters. The van der Waals surface area contributed by atoms with Crippen LogP contribution in [-0.2, 0) is 0 Å².